The van der Waals surface area contributed by atoms with Gasteiger partial charge in [0.2, 0.25) is 0 Å². The molecule has 1 saturated heterocycles. The summed E-state index contributed by atoms with van der Waals surface area (Å²) in [5, 5.41) is 19.4. The van der Waals surface area contributed by atoms with Crippen molar-refractivity contribution in [3.8, 4) is 5.69 Å². The third-order valence-electron chi connectivity index (χ3n) is 5.15. The van der Waals surface area contributed by atoms with Gasteiger partial charge >= 0.3 is 11.9 Å². The molecule has 2 N–H and O–H groups in total. The average molecular weight is 404 g/mol. The van der Waals surface area contributed by atoms with Gasteiger partial charge in [0, 0.05) is 30.3 Å². The summed E-state index contributed by atoms with van der Waals surface area (Å²) in [7, 11) is 0. The van der Waals surface area contributed by atoms with Crippen molar-refractivity contribution in [3.05, 3.63) is 47.8 Å². The minimum atomic E-state index is -1.82. The number of fused-ring (bicyclic) bond motifs is 1. The highest BCUT2D eigenvalue weighted by Crippen LogP contribution is 2.36. The number of carboxylic acids is 2. The lowest BCUT2D eigenvalue weighted by molar-refractivity contribution is -0.159. The number of benzene rings is 1. The molecule has 2 aliphatic rings. The van der Waals surface area contributed by atoms with Crippen LogP contribution in [0.1, 0.15) is 30.0 Å². The monoisotopic (exact) mass is 403 g/mol. The number of rotatable bonds is 4. The number of aliphatic carboxylic acids is 2. The molecule has 1 unspecified atom stereocenters. The second kappa shape index (κ2) is 9.75. The molecular weight excluding hydrogens is 378 g/mol. The predicted molar refractivity (Wildman–Crippen MR) is 108 cm³/mol. The Bertz CT molecular complexity index is 791. The van der Waals surface area contributed by atoms with Crippen LogP contribution in [-0.2, 0) is 16.0 Å². The number of hydrogen-bond acceptors (Lipinski definition) is 5. The van der Waals surface area contributed by atoms with E-state index in [1.165, 1.54) is 67.3 Å². The molecule has 2 aromatic rings. The molecule has 8 heteroatoms. The van der Waals surface area contributed by atoms with Crippen LogP contribution in [-0.4, -0.2) is 68.0 Å². The van der Waals surface area contributed by atoms with Gasteiger partial charge in [-0.25, -0.2) is 14.3 Å². The van der Waals surface area contributed by atoms with Gasteiger partial charge in [0.15, 0.2) is 0 Å². The molecule has 1 atom stereocenters. The van der Waals surface area contributed by atoms with Crippen molar-refractivity contribution in [1.82, 2.24) is 14.7 Å². The molecule has 7 nitrogen and oxygen atoms in total. The summed E-state index contributed by atoms with van der Waals surface area (Å²) in [5.74, 6) is -0.323. The van der Waals surface area contributed by atoms with Crippen molar-refractivity contribution in [2.75, 3.05) is 31.1 Å². The lowest BCUT2D eigenvalue weighted by Crippen LogP contribution is -2.33. The number of para-hydroxylation sites is 1. The molecule has 1 aromatic heterocycles. The van der Waals surface area contributed by atoms with Crippen LogP contribution in [0.15, 0.2) is 36.5 Å². The zero-order valence-electron chi connectivity index (χ0n) is 15.7. The second-order valence-electron chi connectivity index (χ2n) is 6.88. The quantitative estimate of drug-likeness (QED) is 0.757. The fourth-order valence-electron chi connectivity index (χ4n) is 3.70. The maximum absolute atomic E-state index is 9.10. The first kappa shape index (κ1) is 20.4. The molecule has 0 amide bonds. The van der Waals surface area contributed by atoms with Gasteiger partial charge in [0.05, 0.1) is 11.9 Å². The number of nitrogens with zero attached hydrogens (tertiary/aromatic N) is 3. The maximum Gasteiger partial charge on any atom is 0.414 e. The highest BCUT2D eigenvalue weighted by atomic mass is 32.2. The number of aromatic nitrogens is 2. The third-order valence-corrected chi connectivity index (χ3v) is 6.09. The van der Waals surface area contributed by atoms with E-state index in [2.05, 4.69) is 63.0 Å². The van der Waals surface area contributed by atoms with Crippen molar-refractivity contribution >= 4 is 23.7 Å². The topological polar surface area (TPSA) is 95.7 Å². The van der Waals surface area contributed by atoms with Crippen molar-refractivity contribution in [3.63, 3.8) is 0 Å². The molecule has 1 aromatic carbocycles. The standard InChI is InChI=1S/C18H23N3S.C2H2O4/c1-2-4-16(5-3-1)21-18-7-6-15(17(18)14-19-21)8-9-20-10-12-22-13-11-20;3-1(4)2(5)6/h1-5,14-15H,6-13H2;(H,3,4)(H,5,6). The van der Waals surface area contributed by atoms with E-state index in [-0.39, 0.29) is 0 Å². The molecule has 0 bridgehead atoms. The van der Waals surface area contributed by atoms with Crippen molar-refractivity contribution in [2.45, 2.75) is 25.2 Å². The van der Waals surface area contributed by atoms with Crippen LogP contribution in [0.2, 0.25) is 0 Å². The summed E-state index contributed by atoms with van der Waals surface area (Å²) in [6.07, 6.45) is 5.87. The van der Waals surface area contributed by atoms with Crippen LogP contribution in [0.3, 0.4) is 0 Å². The highest BCUT2D eigenvalue weighted by molar-refractivity contribution is 7.99. The molecule has 150 valence electrons. The van der Waals surface area contributed by atoms with Gasteiger partial charge in [0.25, 0.3) is 0 Å². The van der Waals surface area contributed by atoms with Crippen LogP contribution in [0, 0.1) is 0 Å². The number of hydrogen-bond donors (Lipinski definition) is 2. The SMILES string of the molecule is O=C(O)C(=O)O.c1ccc(-n2ncc3c2CCC3CCN2CCSCC2)cc1. The second-order valence-corrected chi connectivity index (χ2v) is 8.11. The third kappa shape index (κ3) is 5.14. The molecule has 0 spiro atoms. The van der Waals surface area contributed by atoms with Gasteiger partial charge in [-0.15, -0.1) is 0 Å². The Morgan fingerprint density at radius 3 is 2.43 bits per heavy atom. The van der Waals surface area contributed by atoms with E-state index in [0.29, 0.717) is 5.92 Å². The number of carboxylic acid groups (broad SMARTS) is 2. The van der Waals surface area contributed by atoms with E-state index < -0.39 is 11.9 Å². The molecule has 0 radical (unpaired) electrons. The van der Waals surface area contributed by atoms with Gasteiger partial charge in [0.1, 0.15) is 0 Å². The van der Waals surface area contributed by atoms with Gasteiger partial charge in [-0.2, -0.15) is 16.9 Å². The van der Waals surface area contributed by atoms with Crippen molar-refractivity contribution in [1.29, 1.82) is 0 Å². The molecule has 28 heavy (non-hydrogen) atoms. The summed E-state index contributed by atoms with van der Waals surface area (Å²) in [6, 6.07) is 10.5. The van der Waals surface area contributed by atoms with E-state index in [1.54, 1.807) is 0 Å². The minimum Gasteiger partial charge on any atom is -0.473 e. The van der Waals surface area contributed by atoms with Crippen LogP contribution in [0.5, 0.6) is 0 Å². The Morgan fingerprint density at radius 2 is 1.79 bits per heavy atom. The van der Waals surface area contributed by atoms with E-state index in [0.717, 1.165) is 0 Å². The van der Waals surface area contributed by atoms with E-state index in [4.69, 9.17) is 19.8 Å². The molecule has 1 fully saturated rings. The van der Waals surface area contributed by atoms with Crippen molar-refractivity contribution in [2.24, 2.45) is 0 Å². The van der Waals surface area contributed by atoms with E-state index in [9.17, 15) is 0 Å². The molecule has 2 heterocycles. The van der Waals surface area contributed by atoms with Crippen LogP contribution >= 0.6 is 11.8 Å². The molecular formula is C20H25N3O4S. The first-order valence-corrected chi connectivity index (χ1v) is 10.6. The van der Waals surface area contributed by atoms with Gasteiger partial charge in [-0.3, -0.25) is 0 Å². The Labute approximate surface area is 168 Å². The Kier molecular flexibility index (Phi) is 7.11. The smallest absolute Gasteiger partial charge is 0.414 e. The normalized spacial score (nSPS) is 18.8. The maximum atomic E-state index is 9.10. The summed E-state index contributed by atoms with van der Waals surface area (Å²) in [4.78, 5) is 20.8. The zero-order valence-corrected chi connectivity index (χ0v) is 16.5. The van der Waals surface area contributed by atoms with Crippen molar-refractivity contribution < 1.29 is 19.8 Å². The van der Waals surface area contributed by atoms with Gasteiger partial charge < -0.3 is 15.1 Å². The summed E-state index contributed by atoms with van der Waals surface area (Å²) < 4.78 is 2.15. The summed E-state index contributed by atoms with van der Waals surface area (Å²) in [6.45, 7) is 3.79. The molecule has 1 aliphatic heterocycles. The van der Waals surface area contributed by atoms with E-state index >= 15 is 0 Å². The number of carbonyl (C=O) groups is 2. The number of thioether (sulfide) groups is 1. The molecule has 1 aliphatic carbocycles. The molecule has 4 rings (SSSR count). The molecule has 0 saturated carbocycles. The van der Waals surface area contributed by atoms with E-state index in [1.807, 2.05) is 0 Å². The first-order chi connectivity index (χ1) is 13.6. The average Bonchev–Trinajstić information content (AvgIpc) is 3.30. The van der Waals surface area contributed by atoms with Gasteiger partial charge in [-0.1, -0.05) is 18.2 Å². The van der Waals surface area contributed by atoms with Crippen LogP contribution in [0.25, 0.3) is 5.69 Å². The van der Waals surface area contributed by atoms with Crippen LogP contribution < -0.4 is 0 Å². The lowest BCUT2D eigenvalue weighted by atomic mass is 10.00. The van der Waals surface area contributed by atoms with Crippen LogP contribution in [0.4, 0.5) is 0 Å². The predicted octanol–water partition coefficient (Wildman–Crippen LogP) is 2.50. The summed E-state index contributed by atoms with van der Waals surface area (Å²) >= 11 is 2.09. The first-order valence-electron chi connectivity index (χ1n) is 9.44. The Hall–Kier alpha value is -2.32. The lowest BCUT2D eigenvalue weighted by Gasteiger charge is -2.27. The summed E-state index contributed by atoms with van der Waals surface area (Å²) in [5.41, 5.74) is 4.12. The fourth-order valence-corrected chi connectivity index (χ4v) is 4.68. The zero-order chi connectivity index (χ0) is 19.9. The van der Waals surface area contributed by atoms with Gasteiger partial charge in [-0.05, 0) is 49.4 Å². The Balaban J connectivity index is 0.000000330. The minimum absolute atomic E-state index is 0.710. The largest absolute Gasteiger partial charge is 0.473 e. The Morgan fingerprint density at radius 1 is 1.11 bits per heavy atom. The fraction of sp³-hybridized carbons (Fsp3) is 0.450. The highest BCUT2D eigenvalue weighted by Gasteiger charge is 2.27.